The molecule has 0 fully saturated rings. The average Bonchev–Trinajstić information content (AvgIpc) is 3.00. The van der Waals surface area contributed by atoms with E-state index in [-0.39, 0.29) is 18.0 Å². The van der Waals surface area contributed by atoms with Crippen LogP contribution in [0.5, 0.6) is 5.75 Å². The van der Waals surface area contributed by atoms with Crippen molar-refractivity contribution in [2.24, 2.45) is 7.05 Å². The molecular weight excluding hydrogens is 329 g/mol. The lowest BCUT2D eigenvalue weighted by Crippen LogP contribution is -2.37. The van der Waals surface area contributed by atoms with E-state index in [1.54, 1.807) is 28.8 Å². The SMILES string of the molecule is COc1ccn(C)c1C(=O)N1CCc2cc(C(=O)NO)cc(F)c2C1. The largest absolute Gasteiger partial charge is 0.494 e. The van der Waals surface area contributed by atoms with Gasteiger partial charge >= 0.3 is 0 Å². The summed E-state index contributed by atoms with van der Waals surface area (Å²) >= 11 is 0. The summed E-state index contributed by atoms with van der Waals surface area (Å²) in [5.74, 6) is -1.12. The fraction of sp³-hybridized carbons (Fsp3) is 0.294. The third kappa shape index (κ3) is 2.96. The highest BCUT2D eigenvalue weighted by molar-refractivity contribution is 5.96. The maximum Gasteiger partial charge on any atom is 0.274 e. The van der Waals surface area contributed by atoms with Gasteiger partial charge in [-0.25, -0.2) is 9.87 Å². The van der Waals surface area contributed by atoms with Crippen LogP contribution in [0, 0.1) is 5.82 Å². The summed E-state index contributed by atoms with van der Waals surface area (Å²) in [6, 6.07) is 4.29. The van der Waals surface area contributed by atoms with E-state index < -0.39 is 11.7 Å². The number of aromatic nitrogens is 1. The van der Waals surface area contributed by atoms with E-state index in [0.29, 0.717) is 35.5 Å². The quantitative estimate of drug-likeness (QED) is 0.651. The van der Waals surface area contributed by atoms with Crippen LogP contribution in [0.4, 0.5) is 4.39 Å². The maximum absolute atomic E-state index is 14.4. The lowest BCUT2D eigenvalue weighted by molar-refractivity contribution is 0.0698. The summed E-state index contributed by atoms with van der Waals surface area (Å²) in [6.07, 6.45) is 2.14. The first-order valence-corrected chi connectivity index (χ1v) is 7.70. The number of carbonyl (C=O) groups excluding carboxylic acids is 2. The number of fused-ring (bicyclic) bond motifs is 1. The lowest BCUT2D eigenvalue weighted by Gasteiger charge is -2.29. The van der Waals surface area contributed by atoms with Crippen molar-refractivity contribution in [2.75, 3.05) is 13.7 Å². The van der Waals surface area contributed by atoms with Crippen LogP contribution in [0.1, 0.15) is 32.0 Å². The Balaban J connectivity index is 1.90. The highest BCUT2D eigenvalue weighted by atomic mass is 19.1. The molecule has 1 aliphatic rings. The minimum atomic E-state index is -0.770. The normalized spacial score (nSPS) is 13.4. The molecule has 1 aromatic heterocycles. The van der Waals surface area contributed by atoms with Crippen molar-refractivity contribution < 1.29 is 23.9 Å². The van der Waals surface area contributed by atoms with Gasteiger partial charge in [0.25, 0.3) is 11.8 Å². The number of benzene rings is 1. The molecule has 8 heteroatoms. The van der Waals surface area contributed by atoms with Crippen molar-refractivity contribution in [3.8, 4) is 5.75 Å². The Bertz CT molecular complexity index is 847. The molecule has 7 nitrogen and oxygen atoms in total. The molecule has 0 spiro atoms. The number of nitrogens with zero attached hydrogens (tertiary/aromatic N) is 2. The van der Waals surface area contributed by atoms with E-state index in [2.05, 4.69) is 0 Å². The van der Waals surface area contributed by atoms with E-state index in [9.17, 15) is 14.0 Å². The number of nitrogens with one attached hydrogen (secondary N) is 1. The minimum absolute atomic E-state index is 0.0441. The second kappa shape index (κ2) is 6.56. The zero-order valence-electron chi connectivity index (χ0n) is 13.9. The molecular formula is C17H18FN3O4. The fourth-order valence-corrected chi connectivity index (χ4v) is 3.07. The fourth-order valence-electron chi connectivity index (χ4n) is 3.07. The highest BCUT2D eigenvalue weighted by Gasteiger charge is 2.28. The first kappa shape index (κ1) is 17.0. The van der Waals surface area contributed by atoms with Gasteiger partial charge in [0.1, 0.15) is 17.3 Å². The summed E-state index contributed by atoms with van der Waals surface area (Å²) in [5, 5.41) is 8.69. The molecule has 2 aromatic rings. The maximum atomic E-state index is 14.4. The second-order valence-electron chi connectivity index (χ2n) is 5.86. The van der Waals surface area contributed by atoms with Gasteiger partial charge in [0, 0.05) is 37.5 Å². The predicted octanol–water partition coefficient (Wildman–Crippen LogP) is 1.49. The van der Waals surface area contributed by atoms with Crippen LogP contribution in [0.25, 0.3) is 0 Å². The monoisotopic (exact) mass is 347 g/mol. The number of carbonyl (C=O) groups is 2. The van der Waals surface area contributed by atoms with Gasteiger partial charge in [-0.2, -0.15) is 0 Å². The van der Waals surface area contributed by atoms with Crippen molar-refractivity contribution in [3.63, 3.8) is 0 Å². The predicted molar refractivity (Wildman–Crippen MR) is 86.1 cm³/mol. The number of hydroxylamine groups is 1. The van der Waals surface area contributed by atoms with Gasteiger partial charge in [0.05, 0.1) is 7.11 Å². The number of amides is 2. The number of halogens is 1. The molecule has 0 bridgehead atoms. The molecule has 0 saturated carbocycles. The average molecular weight is 347 g/mol. The summed E-state index contributed by atoms with van der Waals surface area (Å²) in [6.45, 7) is 0.499. The van der Waals surface area contributed by atoms with Crippen LogP contribution in [-0.2, 0) is 20.0 Å². The molecule has 3 rings (SSSR count). The van der Waals surface area contributed by atoms with Crippen LogP contribution in [0.15, 0.2) is 24.4 Å². The Kier molecular flexibility index (Phi) is 4.45. The number of hydrogen-bond donors (Lipinski definition) is 2. The summed E-state index contributed by atoms with van der Waals surface area (Å²) in [7, 11) is 3.24. The van der Waals surface area contributed by atoms with Crippen LogP contribution in [-0.4, -0.2) is 40.1 Å². The Morgan fingerprint density at radius 3 is 2.80 bits per heavy atom. The van der Waals surface area contributed by atoms with Crippen LogP contribution < -0.4 is 10.2 Å². The Labute approximate surface area is 143 Å². The zero-order valence-corrected chi connectivity index (χ0v) is 13.9. The lowest BCUT2D eigenvalue weighted by atomic mass is 9.96. The molecule has 0 unspecified atom stereocenters. The van der Waals surface area contributed by atoms with Gasteiger partial charge in [-0.1, -0.05) is 0 Å². The number of methoxy groups -OCH3 is 1. The zero-order chi connectivity index (χ0) is 18.1. The second-order valence-corrected chi connectivity index (χ2v) is 5.86. The third-order valence-corrected chi connectivity index (χ3v) is 4.40. The molecule has 132 valence electrons. The van der Waals surface area contributed by atoms with E-state index in [4.69, 9.17) is 9.94 Å². The van der Waals surface area contributed by atoms with Crippen molar-refractivity contribution in [1.82, 2.24) is 14.9 Å². The van der Waals surface area contributed by atoms with Gasteiger partial charge in [0.15, 0.2) is 0 Å². The minimum Gasteiger partial charge on any atom is -0.494 e. The number of rotatable bonds is 3. The molecule has 0 saturated heterocycles. The molecule has 2 N–H and O–H groups in total. The van der Waals surface area contributed by atoms with Crippen molar-refractivity contribution >= 4 is 11.8 Å². The molecule has 0 atom stereocenters. The van der Waals surface area contributed by atoms with Gasteiger partial charge in [-0.05, 0) is 30.2 Å². The van der Waals surface area contributed by atoms with Gasteiger partial charge in [0.2, 0.25) is 0 Å². The van der Waals surface area contributed by atoms with Crippen molar-refractivity contribution in [1.29, 1.82) is 0 Å². The standard InChI is InChI=1S/C17H18FN3O4/c1-20-5-4-14(25-2)15(20)17(23)21-6-3-10-7-11(16(22)19-24)8-13(18)12(10)9-21/h4-5,7-8,24H,3,6,9H2,1-2H3,(H,19,22). The van der Waals surface area contributed by atoms with Crippen LogP contribution in [0.3, 0.4) is 0 Å². The van der Waals surface area contributed by atoms with E-state index in [0.717, 1.165) is 6.07 Å². The van der Waals surface area contributed by atoms with Crippen molar-refractivity contribution in [2.45, 2.75) is 13.0 Å². The van der Waals surface area contributed by atoms with E-state index >= 15 is 0 Å². The molecule has 2 heterocycles. The van der Waals surface area contributed by atoms with Crippen LogP contribution >= 0.6 is 0 Å². The number of hydrogen-bond acceptors (Lipinski definition) is 4. The molecule has 1 aromatic carbocycles. The molecule has 0 aliphatic carbocycles. The van der Waals surface area contributed by atoms with Crippen LogP contribution in [0.2, 0.25) is 0 Å². The summed E-state index contributed by atoms with van der Waals surface area (Å²) < 4.78 is 21.3. The smallest absolute Gasteiger partial charge is 0.274 e. The molecule has 2 amide bonds. The summed E-state index contributed by atoms with van der Waals surface area (Å²) in [5.41, 5.74) is 2.97. The highest BCUT2D eigenvalue weighted by Crippen LogP contribution is 2.27. The van der Waals surface area contributed by atoms with Gasteiger partial charge < -0.3 is 14.2 Å². The Hall–Kier alpha value is -2.87. The first-order valence-electron chi connectivity index (χ1n) is 7.70. The topological polar surface area (TPSA) is 83.8 Å². The van der Waals surface area contributed by atoms with Crippen molar-refractivity contribution in [3.05, 3.63) is 52.6 Å². The van der Waals surface area contributed by atoms with E-state index in [1.165, 1.54) is 18.7 Å². The van der Waals surface area contributed by atoms with Gasteiger partial charge in [-0.3, -0.25) is 14.8 Å². The van der Waals surface area contributed by atoms with E-state index in [1.807, 2.05) is 0 Å². The number of ether oxygens (including phenoxy) is 1. The molecule has 25 heavy (non-hydrogen) atoms. The third-order valence-electron chi connectivity index (χ3n) is 4.40. The molecule has 1 aliphatic heterocycles. The first-order chi connectivity index (χ1) is 12.0. The van der Waals surface area contributed by atoms with Gasteiger partial charge in [-0.15, -0.1) is 0 Å². The molecule has 0 radical (unpaired) electrons. The Morgan fingerprint density at radius 1 is 1.36 bits per heavy atom. The summed E-state index contributed by atoms with van der Waals surface area (Å²) in [4.78, 5) is 25.8. The number of aryl methyl sites for hydroxylation is 1. The Morgan fingerprint density at radius 2 is 2.12 bits per heavy atom.